The van der Waals surface area contributed by atoms with Crippen molar-refractivity contribution in [2.24, 2.45) is 11.3 Å². The number of nitrogens with zero attached hydrogens (tertiary/aromatic N) is 2. The number of likely N-dealkylation sites (tertiary alicyclic amines) is 2. The van der Waals surface area contributed by atoms with Gasteiger partial charge >= 0.3 is 5.97 Å². The van der Waals surface area contributed by atoms with E-state index in [0.29, 0.717) is 26.0 Å². The molecular formula is C26H38N2O4. The number of allylic oxidation sites excluding steroid dienone is 2. The van der Waals surface area contributed by atoms with Gasteiger partial charge in [-0.25, -0.2) is 0 Å². The summed E-state index contributed by atoms with van der Waals surface area (Å²) in [6, 6.07) is 0. The molecule has 2 atom stereocenters. The lowest BCUT2D eigenvalue weighted by Crippen LogP contribution is -2.54. The van der Waals surface area contributed by atoms with Crippen LogP contribution in [0.3, 0.4) is 0 Å². The van der Waals surface area contributed by atoms with Crippen LogP contribution in [0.4, 0.5) is 0 Å². The zero-order chi connectivity index (χ0) is 22.6. The van der Waals surface area contributed by atoms with Gasteiger partial charge in [-0.2, -0.15) is 0 Å². The van der Waals surface area contributed by atoms with Crippen LogP contribution in [0.2, 0.25) is 0 Å². The van der Waals surface area contributed by atoms with Crippen molar-refractivity contribution in [1.29, 1.82) is 0 Å². The molecule has 2 fully saturated rings. The zero-order valence-corrected chi connectivity index (χ0v) is 19.6. The number of hydrogen-bond acceptors (Lipinski definition) is 4. The maximum absolute atomic E-state index is 13.7. The number of carbonyl (C=O) groups is 3. The Bertz CT molecular complexity index is 796. The second-order valence-electron chi connectivity index (χ2n) is 9.83. The number of piperidine rings is 1. The molecule has 4 aliphatic rings. The Morgan fingerprint density at radius 1 is 1.09 bits per heavy atom. The van der Waals surface area contributed by atoms with Crippen molar-refractivity contribution in [3.8, 4) is 0 Å². The average Bonchev–Trinajstić information content (AvgIpc) is 3.35. The monoisotopic (exact) mass is 442 g/mol. The van der Waals surface area contributed by atoms with Crippen molar-refractivity contribution >= 4 is 17.8 Å². The molecule has 32 heavy (non-hydrogen) atoms. The van der Waals surface area contributed by atoms with Gasteiger partial charge in [0.05, 0.1) is 6.61 Å². The second kappa shape index (κ2) is 10.2. The number of carbonyl (C=O) groups excluding carboxylic acids is 3. The van der Waals surface area contributed by atoms with Crippen LogP contribution < -0.4 is 0 Å². The highest BCUT2D eigenvalue weighted by Gasteiger charge is 2.54. The molecule has 0 aromatic carbocycles. The van der Waals surface area contributed by atoms with Gasteiger partial charge < -0.3 is 14.5 Å². The normalized spacial score (nSPS) is 28.2. The molecule has 0 N–H and O–H groups in total. The third-order valence-electron chi connectivity index (χ3n) is 7.72. The smallest absolute Gasteiger partial charge is 0.318 e. The minimum Gasteiger partial charge on any atom is -0.465 e. The van der Waals surface area contributed by atoms with Gasteiger partial charge in [0, 0.05) is 37.7 Å². The molecule has 6 heteroatoms. The number of amides is 2. The molecular weight excluding hydrogens is 404 g/mol. The molecule has 0 aromatic heterocycles. The Balaban J connectivity index is 1.60. The van der Waals surface area contributed by atoms with E-state index in [0.717, 1.165) is 63.7 Å². The molecule has 0 radical (unpaired) electrons. The maximum atomic E-state index is 13.7. The molecule has 0 bridgehead atoms. The third-order valence-corrected chi connectivity index (χ3v) is 7.72. The predicted octanol–water partition coefficient (Wildman–Crippen LogP) is 4.36. The fourth-order valence-corrected chi connectivity index (χ4v) is 6.03. The Kier molecular flexibility index (Phi) is 7.37. The number of ether oxygens (including phenoxy) is 1. The summed E-state index contributed by atoms with van der Waals surface area (Å²) in [7, 11) is 0. The molecule has 0 unspecified atom stereocenters. The predicted molar refractivity (Wildman–Crippen MR) is 122 cm³/mol. The molecule has 176 valence electrons. The number of rotatable bonds is 7. The van der Waals surface area contributed by atoms with Gasteiger partial charge in [0.1, 0.15) is 5.41 Å². The largest absolute Gasteiger partial charge is 0.465 e. The van der Waals surface area contributed by atoms with Gasteiger partial charge in [0.25, 0.3) is 0 Å². The van der Waals surface area contributed by atoms with Crippen LogP contribution in [0.25, 0.3) is 0 Å². The molecule has 2 aliphatic carbocycles. The van der Waals surface area contributed by atoms with Crippen LogP contribution in [0.1, 0.15) is 84.0 Å². The summed E-state index contributed by atoms with van der Waals surface area (Å²) in [5.41, 5.74) is 1.46. The fourth-order valence-electron chi connectivity index (χ4n) is 6.03. The molecule has 0 aromatic rings. The van der Waals surface area contributed by atoms with Crippen molar-refractivity contribution < 1.29 is 19.1 Å². The van der Waals surface area contributed by atoms with E-state index in [4.69, 9.17) is 4.74 Å². The first kappa shape index (κ1) is 23.1. The molecule has 6 nitrogen and oxygen atoms in total. The highest BCUT2D eigenvalue weighted by molar-refractivity contribution is 5.92. The SMILES string of the molecule is CCOC(=O)[C@]12CCCC=C1N(CCC1=CCCCC1)C(=O)[C@H](CC(=O)N1CCCC1)C2. The average molecular weight is 443 g/mol. The van der Waals surface area contributed by atoms with Crippen molar-refractivity contribution in [2.45, 2.75) is 84.0 Å². The van der Waals surface area contributed by atoms with E-state index in [2.05, 4.69) is 12.2 Å². The Hall–Kier alpha value is -2.11. The molecule has 0 saturated carbocycles. The van der Waals surface area contributed by atoms with Crippen molar-refractivity contribution in [2.75, 3.05) is 26.2 Å². The summed E-state index contributed by atoms with van der Waals surface area (Å²) in [5.74, 6) is -0.609. The van der Waals surface area contributed by atoms with Crippen LogP contribution in [0, 0.1) is 11.3 Å². The topological polar surface area (TPSA) is 66.9 Å². The molecule has 2 heterocycles. The van der Waals surface area contributed by atoms with Crippen molar-refractivity contribution in [3.63, 3.8) is 0 Å². The van der Waals surface area contributed by atoms with Crippen LogP contribution in [0.15, 0.2) is 23.4 Å². The number of esters is 1. The summed E-state index contributed by atoms with van der Waals surface area (Å²) >= 11 is 0. The minimum absolute atomic E-state index is 0.0158. The Morgan fingerprint density at radius 3 is 2.59 bits per heavy atom. The van der Waals surface area contributed by atoms with Gasteiger partial charge in [0.2, 0.25) is 11.8 Å². The summed E-state index contributed by atoms with van der Waals surface area (Å²) in [4.78, 5) is 43.6. The van der Waals surface area contributed by atoms with Crippen LogP contribution >= 0.6 is 0 Å². The van der Waals surface area contributed by atoms with E-state index in [1.54, 1.807) is 0 Å². The molecule has 4 rings (SSSR count). The second-order valence-corrected chi connectivity index (χ2v) is 9.83. The fraction of sp³-hybridized carbons (Fsp3) is 0.731. The van der Waals surface area contributed by atoms with Crippen LogP contribution in [-0.4, -0.2) is 53.8 Å². The molecule has 2 amide bonds. The summed E-state index contributed by atoms with van der Waals surface area (Å²) in [5, 5.41) is 0. The molecule has 0 spiro atoms. The first-order valence-corrected chi connectivity index (χ1v) is 12.7. The van der Waals surface area contributed by atoms with Crippen LogP contribution in [0.5, 0.6) is 0 Å². The van der Waals surface area contributed by atoms with E-state index in [-0.39, 0.29) is 24.2 Å². The summed E-state index contributed by atoms with van der Waals surface area (Å²) < 4.78 is 5.55. The van der Waals surface area contributed by atoms with Crippen molar-refractivity contribution in [1.82, 2.24) is 9.80 Å². The van der Waals surface area contributed by atoms with E-state index in [1.165, 1.54) is 18.4 Å². The zero-order valence-electron chi connectivity index (χ0n) is 19.6. The molecule has 2 saturated heterocycles. The van der Waals surface area contributed by atoms with Gasteiger partial charge in [-0.3, -0.25) is 14.4 Å². The standard InChI is InChI=1S/C26H38N2O4/c1-2-32-25(31)26-14-7-6-12-22(26)28(17-13-20-10-4-3-5-11-20)24(30)21(19-26)18-23(29)27-15-8-9-16-27/h10,12,21H,2-9,11,13-19H2,1H3/t21-,26+/m1/s1. The lowest BCUT2D eigenvalue weighted by Gasteiger charge is -2.48. The lowest BCUT2D eigenvalue weighted by molar-refractivity contribution is -0.162. The van der Waals surface area contributed by atoms with Gasteiger partial charge in [-0.15, -0.1) is 0 Å². The highest BCUT2D eigenvalue weighted by Crippen LogP contribution is 2.50. The first-order chi connectivity index (χ1) is 15.5. The van der Waals surface area contributed by atoms with E-state index < -0.39 is 11.3 Å². The van der Waals surface area contributed by atoms with Gasteiger partial charge in [-0.05, 0) is 77.6 Å². The minimum atomic E-state index is -0.793. The van der Waals surface area contributed by atoms with E-state index in [9.17, 15) is 14.4 Å². The van der Waals surface area contributed by atoms with E-state index in [1.807, 2.05) is 16.7 Å². The number of fused-ring (bicyclic) bond motifs is 1. The van der Waals surface area contributed by atoms with Gasteiger partial charge in [-0.1, -0.05) is 17.7 Å². The third kappa shape index (κ3) is 4.65. The Morgan fingerprint density at radius 2 is 1.88 bits per heavy atom. The maximum Gasteiger partial charge on any atom is 0.318 e. The molecule has 2 aliphatic heterocycles. The quantitative estimate of drug-likeness (QED) is 0.434. The van der Waals surface area contributed by atoms with Crippen molar-refractivity contribution in [3.05, 3.63) is 23.4 Å². The number of hydrogen-bond donors (Lipinski definition) is 0. The highest BCUT2D eigenvalue weighted by atomic mass is 16.5. The first-order valence-electron chi connectivity index (χ1n) is 12.7. The summed E-state index contributed by atoms with van der Waals surface area (Å²) in [6.07, 6.45) is 15.1. The Labute approximate surface area is 192 Å². The van der Waals surface area contributed by atoms with Crippen LogP contribution in [-0.2, 0) is 19.1 Å². The van der Waals surface area contributed by atoms with E-state index >= 15 is 0 Å². The van der Waals surface area contributed by atoms with Gasteiger partial charge in [0.15, 0.2) is 0 Å². The summed E-state index contributed by atoms with van der Waals surface area (Å²) in [6.45, 7) is 4.31. The lowest BCUT2D eigenvalue weighted by atomic mass is 9.66.